The van der Waals surface area contributed by atoms with Crippen molar-refractivity contribution in [2.75, 3.05) is 11.9 Å². The zero-order valence-corrected chi connectivity index (χ0v) is 10.7. The normalized spacial score (nSPS) is 9.83. The molecule has 0 saturated carbocycles. The lowest BCUT2D eigenvalue weighted by Gasteiger charge is -2.01. The van der Waals surface area contributed by atoms with Crippen LogP contribution in [0.5, 0.6) is 0 Å². The van der Waals surface area contributed by atoms with Gasteiger partial charge in [-0.05, 0) is 18.6 Å². The van der Waals surface area contributed by atoms with Crippen LogP contribution in [0.15, 0.2) is 12.1 Å². The van der Waals surface area contributed by atoms with Gasteiger partial charge in [-0.3, -0.25) is 14.4 Å². The number of carboxylic acid groups (broad SMARTS) is 1. The number of aliphatic carboxylic acids is 1. The molecule has 0 aliphatic heterocycles. The third-order valence-corrected chi connectivity index (χ3v) is 2.98. The summed E-state index contributed by atoms with van der Waals surface area (Å²) in [5.74, 6) is -1.33. The van der Waals surface area contributed by atoms with Gasteiger partial charge in [0.1, 0.15) is 0 Å². The van der Waals surface area contributed by atoms with Crippen molar-refractivity contribution in [1.82, 2.24) is 5.32 Å². The number of anilines is 1. The highest BCUT2D eigenvalue weighted by Gasteiger charge is 2.09. The Balaban J connectivity index is 2.39. The zero-order chi connectivity index (χ0) is 13.5. The Morgan fingerprint density at radius 2 is 2.06 bits per heavy atom. The molecule has 7 heteroatoms. The molecule has 0 aliphatic rings. The number of thiophene rings is 1. The fourth-order valence-corrected chi connectivity index (χ4v) is 2.10. The van der Waals surface area contributed by atoms with Gasteiger partial charge in [-0.1, -0.05) is 0 Å². The molecule has 0 aromatic carbocycles. The minimum atomic E-state index is -0.881. The highest BCUT2D eigenvalue weighted by Crippen LogP contribution is 2.21. The van der Waals surface area contributed by atoms with E-state index in [0.29, 0.717) is 22.8 Å². The summed E-state index contributed by atoms with van der Waals surface area (Å²) in [7, 11) is 0. The molecule has 0 fully saturated rings. The van der Waals surface area contributed by atoms with Crippen molar-refractivity contribution in [3.8, 4) is 0 Å². The summed E-state index contributed by atoms with van der Waals surface area (Å²) in [5.41, 5.74) is 0. The summed E-state index contributed by atoms with van der Waals surface area (Å²) in [6.45, 7) is 1.71. The van der Waals surface area contributed by atoms with Crippen LogP contribution < -0.4 is 10.6 Å². The van der Waals surface area contributed by atoms with E-state index in [9.17, 15) is 14.4 Å². The number of carbonyl (C=O) groups excluding carboxylic acids is 2. The van der Waals surface area contributed by atoms with Gasteiger partial charge >= 0.3 is 5.97 Å². The van der Waals surface area contributed by atoms with Crippen molar-refractivity contribution in [2.24, 2.45) is 0 Å². The Morgan fingerprint density at radius 3 is 2.67 bits per heavy atom. The number of hydrogen-bond acceptors (Lipinski definition) is 4. The maximum atomic E-state index is 11.6. The van der Waals surface area contributed by atoms with Gasteiger partial charge in [0.25, 0.3) is 5.91 Å². The molecule has 1 aromatic rings. The summed E-state index contributed by atoms with van der Waals surface area (Å²) in [6, 6.07) is 3.26. The van der Waals surface area contributed by atoms with Crippen LogP contribution in [-0.4, -0.2) is 29.4 Å². The van der Waals surface area contributed by atoms with E-state index < -0.39 is 5.97 Å². The van der Waals surface area contributed by atoms with E-state index in [4.69, 9.17) is 5.11 Å². The molecular weight excluding hydrogens is 256 g/mol. The van der Waals surface area contributed by atoms with Crippen molar-refractivity contribution in [3.05, 3.63) is 17.0 Å². The molecule has 1 heterocycles. The van der Waals surface area contributed by atoms with Crippen LogP contribution >= 0.6 is 11.3 Å². The van der Waals surface area contributed by atoms with Crippen molar-refractivity contribution in [2.45, 2.75) is 19.8 Å². The first-order valence-electron chi connectivity index (χ1n) is 5.36. The van der Waals surface area contributed by atoms with Crippen molar-refractivity contribution in [1.29, 1.82) is 0 Å². The molecule has 98 valence electrons. The molecule has 18 heavy (non-hydrogen) atoms. The van der Waals surface area contributed by atoms with Crippen LogP contribution in [0.3, 0.4) is 0 Å². The van der Waals surface area contributed by atoms with Crippen LogP contribution in [0.2, 0.25) is 0 Å². The van der Waals surface area contributed by atoms with E-state index in [0.717, 1.165) is 0 Å². The first-order valence-corrected chi connectivity index (χ1v) is 6.18. The lowest BCUT2D eigenvalue weighted by Crippen LogP contribution is -2.23. The van der Waals surface area contributed by atoms with E-state index in [1.54, 1.807) is 12.1 Å². The minimum absolute atomic E-state index is 0.0296. The predicted octanol–water partition coefficient (Wildman–Crippen LogP) is 1.30. The van der Waals surface area contributed by atoms with Gasteiger partial charge in [0.15, 0.2) is 0 Å². The second kappa shape index (κ2) is 6.75. The molecule has 6 nitrogen and oxygen atoms in total. The lowest BCUT2D eigenvalue weighted by molar-refractivity contribution is -0.137. The quantitative estimate of drug-likeness (QED) is 0.679. The summed E-state index contributed by atoms with van der Waals surface area (Å²) in [4.78, 5) is 33.2. The number of rotatable bonds is 6. The Labute approximate surface area is 108 Å². The third kappa shape index (κ3) is 4.96. The maximum Gasteiger partial charge on any atom is 0.303 e. The Morgan fingerprint density at radius 1 is 1.33 bits per heavy atom. The van der Waals surface area contributed by atoms with Crippen molar-refractivity contribution < 1.29 is 19.5 Å². The minimum Gasteiger partial charge on any atom is -0.481 e. The van der Waals surface area contributed by atoms with E-state index in [1.807, 2.05) is 0 Å². The molecule has 0 aliphatic carbocycles. The molecule has 1 aromatic heterocycles. The smallest absolute Gasteiger partial charge is 0.303 e. The van der Waals surface area contributed by atoms with E-state index in [1.165, 1.54) is 18.3 Å². The molecule has 0 unspecified atom stereocenters. The van der Waals surface area contributed by atoms with Crippen LogP contribution in [0.1, 0.15) is 29.4 Å². The van der Waals surface area contributed by atoms with Crippen molar-refractivity contribution in [3.63, 3.8) is 0 Å². The molecule has 0 bridgehead atoms. The summed E-state index contributed by atoms with van der Waals surface area (Å²) in [6.07, 6.45) is 0.423. The topological polar surface area (TPSA) is 95.5 Å². The Bertz CT molecular complexity index is 456. The number of hydrogen-bond donors (Lipinski definition) is 3. The Kier molecular flexibility index (Phi) is 5.31. The monoisotopic (exact) mass is 270 g/mol. The lowest BCUT2D eigenvalue weighted by atomic mass is 10.3. The molecule has 0 spiro atoms. The van der Waals surface area contributed by atoms with E-state index in [2.05, 4.69) is 10.6 Å². The summed E-state index contributed by atoms with van der Waals surface area (Å²) < 4.78 is 0. The van der Waals surface area contributed by atoms with Gasteiger partial charge in [0.05, 0.1) is 9.88 Å². The van der Waals surface area contributed by atoms with E-state index in [-0.39, 0.29) is 18.2 Å². The SMILES string of the molecule is CC(=O)Nc1ccc(C(=O)NCCCC(=O)O)s1. The largest absolute Gasteiger partial charge is 0.481 e. The molecular formula is C11H14N2O4S. The highest BCUT2D eigenvalue weighted by atomic mass is 32.1. The fraction of sp³-hybridized carbons (Fsp3) is 0.364. The number of carboxylic acids is 1. The molecule has 0 radical (unpaired) electrons. The third-order valence-electron chi connectivity index (χ3n) is 1.98. The van der Waals surface area contributed by atoms with Gasteiger partial charge in [0, 0.05) is 19.9 Å². The van der Waals surface area contributed by atoms with Crippen LogP contribution in [0.4, 0.5) is 5.00 Å². The average molecular weight is 270 g/mol. The maximum absolute atomic E-state index is 11.6. The van der Waals surface area contributed by atoms with Gasteiger partial charge in [0.2, 0.25) is 5.91 Å². The Hall–Kier alpha value is -1.89. The van der Waals surface area contributed by atoms with Gasteiger partial charge < -0.3 is 15.7 Å². The number of carbonyl (C=O) groups is 3. The van der Waals surface area contributed by atoms with Crippen LogP contribution in [0, 0.1) is 0 Å². The summed E-state index contributed by atoms with van der Waals surface area (Å²) >= 11 is 1.17. The van der Waals surface area contributed by atoms with Crippen molar-refractivity contribution >= 4 is 34.1 Å². The highest BCUT2D eigenvalue weighted by molar-refractivity contribution is 7.18. The molecule has 2 amide bonds. The summed E-state index contributed by atoms with van der Waals surface area (Å²) in [5, 5.41) is 14.2. The molecule has 3 N–H and O–H groups in total. The zero-order valence-electron chi connectivity index (χ0n) is 9.86. The fourth-order valence-electron chi connectivity index (χ4n) is 1.23. The molecule has 1 rings (SSSR count). The first kappa shape index (κ1) is 14.2. The van der Waals surface area contributed by atoms with Crippen LogP contribution in [0.25, 0.3) is 0 Å². The van der Waals surface area contributed by atoms with E-state index >= 15 is 0 Å². The second-order valence-electron chi connectivity index (χ2n) is 3.60. The average Bonchev–Trinajstić information content (AvgIpc) is 2.71. The number of nitrogens with one attached hydrogen (secondary N) is 2. The second-order valence-corrected chi connectivity index (χ2v) is 4.68. The molecule has 0 saturated heterocycles. The standard InChI is InChI=1S/C11H14N2O4S/c1-7(14)13-9-5-4-8(18-9)11(17)12-6-2-3-10(15)16/h4-5H,2-3,6H2,1H3,(H,12,17)(H,13,14)(H,15,16). The van der Waals surface area contributed by atoms with Gasteiger partial charge in [-0.2, -0.15) is 0 Å². The van der Waals surface area contributed by atoms with Gasteiger partial charge in [-0.25, -0.2) is 0 Å². The predicted molar refractivity (Wildman–Crippen MR) is 67.8 cm³/mol. The van der Waals surface area contributed by atoms with Crippen LogP contribution in [-0.2, 0) is 9.59 Å². The first-order chi connectivity index (χ1) is 8.49. The number of amides is 2. The van der Waals surface area contributed by atoms with Gasteiger partial charge in [-0.15, -0.1) is 11.3 Å². The molecule has 0 atom stereocenters.